The first-order valence-electron chi connectivity index (χ1n) is 7.57. The van der Waals surface area contributed by atoms with Gasteiger partial charge >= 0.3 is 0 Å². The summed E-state index contributed by atoms with van der Waals surface area (Å²) in [7, 11) is 0. The number of ether oxygens (including phenoxy) is 1. The zero-order valence-electron chi connectivity index (χ0n) is 12.8. The van der Waals surface area contributed by atoms with Crippen molar-refractivity contribution in [1.82, 2.24) is 4.90 Å². The number of hydrogen-bond acceptors (Lipinski definition) is 3. The highest BCUT2D eigenvalue weighted by molar-refractivity contribution is 5.99. The van der Waals surface area contributed by atoms with Gasteiger partial charge in [-0.05, 0) is 30.5 Å². The van der Waals surface area contributed by atoms with Crippen LogP contribution in [0.1, 0.15) is 36.7 Å². The number of carbonyl (C=O) groups is 1. The summed E-state index contributed by atoms with van der Waals surface area (Å²) in [6, 6.07) is 8.00. The largest absolute Gasteiger partial charge is 0.367 e. The average Bonchev–Trinajstić information content (AvgIpc) is 2.46. The minimum Gasteiger partial charge on any atom is -0.367 e. The van der Waals surface area contributed by atoms with E-state index in [1.165, 1.54) is 5.56 Å². The molecule has 1 heterocycles. The fourth-order valence-electron chi connectivity index (χ4n) is 2.66. The summed E-state index contributed by atoms with van der Waals surface area (Å²) in [5.74, 6) is 0.718. The number of benzene rings is 1. The second kappa shape index (κ2) is 7.00. The van der Waals surface area contributed by atoms with Crippen molar-refractivity contribution >= 4 is 5.78 Å². The molecule has 0 aromatic heterocycles. The Hall–Kier alpha value is -1.19. The van der Waals surface area contributed by atoms with Crippen molar-refractivity contribution < 1.29 is 9.53 Å². The zero-order valence-corrected chi connectivity index (χ0v) is 12.8. The summed E-state index contributed by atoms with van der Waals surface area (Å²) in [4.78, 5) is 14.8. The van der Waals surface area contributed by atoms with Crippen LogP contribution in [0.3, 0.4) is 0 Å². The summed E-state index contributed by atoms with van der Waals surface area (Å²) >= 11 is 0. The maximum atomic E-state index is 12.5. The first kappa shape index (κ1) is 15.2. The summed E-state index contributed by atoms with van der Waals surface area (Å²) in [6.45, 7) is 9.76. The van der Waals surface area contributed by atoms with Crippen LogP contribution in [0.25, 0.3) is 0 Å². The SMILES string of the molecule is CCN1CCOC(C(=O)c2cccc(CC(C)C)c2)C1. The molecule has 1 unspecified atom stereocenters. The standard InChI is InChI=1S/C17H25NO2/c1-4-18-8-9-20-16(12-18)17(19)15-7-5-6-14(11-15)10-13(2)3/h5-7,11,13,16H,4,8-10,12H2,1-3H3. The predicted octanol–water partition coefficient (Wildman–Crippen LogP) is 2.79. The van der Waals surface area contributed by atoms with Gasteiger partial charge in [-0.2, -0.15) is 0 Å². The molecule has 1 aliphatic rings. The predicted molar refractivity (Wildman–Crippen MR) is 81.2 cm³/mol. The number of rotatable bonds is 5. The Bertz CT molecular complexity index is 456. The van der Waals surface area contributed by atoms with E-state index >= 15 is 0 Å². The zero-order chi connectivity index (χ0) is 14.5. The normalized spacial score (nSPS) is 20.3. The quantitative estimate of drug-likeness (QED) is 0.774. The molecule has 1 saturated heterocycles. The van der Waals surface area contributed by atoms with Gasteiger partial charge in [-0.25, -0.2) is 0 Å². The van der Waals surface area contributed by atoms with Crippen LogP contribution in [0.2, 0.25) is 0 Å². The van der Waals surface area contributed by atoms with E-state index in [4.69, 9.17) is 4.74 Å². The molecule has 1 aliphatic heterocycles. The molecule has 1 fully saturated rings. The van der Waals surface area contributed by atoms with Crippen LogP contribution in [-0.4, -0.2) is 43.0 Å². The van der Waals surface area contributed by atoms with Crippen molar-refractivity contribution in [3.63, 3.8) is 0 Å². The van der Waals surface area contributed by atoms with Gasteiger partial charge in [-0.3, -0.25) is 9.69 Å². The maximum Gasteiger partial charge on any atom is 0.192 e. The molecule has 3 nitrogen and oxygen atoms in total. The van der Waals surface area contributed by atoms with E-state index in [1.807, 2.05) is 18.2 Å². The van der Waals surface area contributed by atoms with E-state index in [0.717, 1.165) is 25.1 Å². The number of morpholine rings is 1. The first-order valence-corrected chi connectivity index (χ1v) is 7.57. The van der Waals surface area contributed by atoms with Crippen LogP contribution >= 0.6 is 0 Å². The Morgan fingerprint density at radius 3 is 2.95 bits per heavy atom. The van der Waals surface area contributed by atoms with Gasteiger partial charge < -0.3 is 4.74 Å². The lowest BCUT2D eigenvalue weighted by Gasteiger charge is -2.31. The number of nitrogens with zero attached hydrogens (tertiary/aromatic N) is 1. The summed E-state index contributed by atoms with van der Waals surface area (Å²) in [5, 5.41) is 0. The van der Waals surface area contributed by atoms with Crippen molar-refractivity contribution in [2.24, 2.45) is 5.92 Å². The Kier molecular flexibility index (Phi) is 5.32. The lowest BCUT2D eigenvalue weighted by molar-refractivity contribution is -0.0148. The molecule has 0 radical (unpaired) electrons. The molecular weight excluding hydrogens is 250 g/mol. The van der Waals surface area contributed by atoms with Crippen molar-refractivity contribution in [2.45, 2.75) is 33.3 Å². The van der Waals surface area contributed by atoms with Gasteiger partial charge in [0.25, 0.3) is 0 Å². The highest BCUT2D eigenvalue weighted by atomic mass is 16.5. The molecule has 0 spiro atoms. The van der Waals surface area contributed by atoms with Gasteiger partial charge in [0.05, 0.1) is 6.61 Å². The Labute approximate surface area is 121 Å². The van der Waals surface area contributed by atoms with Crippen LogP contribution in [0, 0.1) is 5.92 Å². The minimum atomic E-state index is -0.307. The molecule has 20 heavy (non-hydrogen) atoms. The number of ketones is 1. The van der Waals surface area contributed by atoms with Crippen LogP contribution in [0.15, 0.2) is 24.3 Å². The van der Waals surface area contributed by atoms with Crippen LogP contribution in [0.4, 0.5) is 0 Å². The molecule has 2 rings (SSSR count). The van der Waals surface area contributed by atoms with Gasteiger partial charge in [-0.15, -0.1) is 0 Å². The minimum absolute atomic E-state index is 0.119. The fraction of sp³-hybridized carbons (Fsp3) is 0.588. The summed E-state index contributed by atoms with van der Waals surface area (Å²) in [6.07, 6.45) is 0.700. The smallest absolute Gasteiger partial charge is 0.192 e. The van der Waals surface area contributed by atoms with Crippen molar-refractivity contribution in [2.75, 3.05) is 26.2 Å². The molecule has 0 aliphatic carbocycles. The van der Waals surface area contributed by atoms with Gasteiger partial charge in [0.2, 0.25) is 0 Å². The van der Waals surface area contributed by atoms with E-state index < -0.39 is 0 Å². The van der Waals surface area contributed by atoms with Crippen LogP contribution in [0.5, 0.6) is 0 Å². The highest BCUT2D eigenvalue weighted by Gasteiger charge is 2.26. The van der Waals surface area contributed by atoms with Crippen molar-refractivity contribution in [3.05, 3.63) is 35.4 Å². The van der Waals surface area contributed by atoms with Gasteiger partial charge in [0.15, 0.2) is 5.78 Å². The lowest BCUT2D eigenvalue weighted by atomic mass is 9.98. The summed E-state index contributed by atoms with van der Waals surface area (Å²) in [5.41, 5.74) is 2.01. The second-order valence-electron chi connectivity index (χ2n) is 5.92. The Morgan fingerprint density at radius 2 is 2.25 bits per heavy atom. The molecule has 1 aromatic rings. The molecule has 0 amide bonds. The topological polar surface area (TPSA) is 29.5 Å². The summed E-state index contributed by atoms with van der Waals surface area (Å²) < 4.78 is 5.66. The monoisotopic (exact) mass is 275 g/mol. The third-order valence-electron chi connectivity index (χ3n) is 3.75. The molecular formula is C17H25NO2. The van der Waals surface area contributed by atoms with Crippen LogP contribution < -0.4 is 0 Å². The third kappa shape index (κ3) is 3.90. The Morgan fingerprint density at radius 1 is 1.45 bits per heavy atom. The molecule has 0 saturated carbocycles. The molecule has 110 valence electrons. The maximum absolute atomic E-state index is 12.5. The van der Waals surface area contributed by atoms with E-state index in [9.17, 15) is 4.79 Å². The highest BCUT2D eigenvalue weighted by Crippen LogP contribution is 2.15. The Balaban J connectivity index is 2.08. The second-order valence-corrected chi connectivity index (χ2v) is 5.92. The van der Waals surface area contributed by atoms with E-state index in [2.05, 4.69) is 31.7 Å². The fourth-order valence-corrected chi connectivity index (χ4v) is 2.66. The van der Waals surface area contributed by atoms with Gasteiger partial charge in [0, 0.05) is 18.7 Å². The van der Waals surface area contributed by atoms with E-state index in [-0.39, 0.29) is 11.9 Å². The third-order valence-corrected chi connectivity index (χ3v) is 3.75. The van der Waals surface area contributed by atoms with Gasteiger partial charge in [-0.1, -0.05) is 39.0 Å². The van der Waals surface area contributed by atoms with Crippen molar-refractivity contribution in [1.29, 1.82) is 0 Å². The van der Waals surface area contributed by atoms with Gasteiger partial charge in [0.1, 0.15) is 6.10 Å². The van der Waals surface area contributed by atoms with Crippen LogP contribution in [-0.2, 0) is 11.2 Å². The average molecular weight is 275 g/mol. The molecule has 0 N–H and O–H groups in total. The lowest BCUT2D eigenvalue weighted by Crippen LogP contribution is -2.45. The number of Topliss-reactive ketones (excluding diaryl/α,β-unsaturated/α-hetero) is 1. The molecule has 3 heteroatoms. The van der Waals surface area contributed by atoms with E-state index in [0.29, 0.717) is 19.1 Å². The molecule has 1 aromatic carbocycles. The number of hydrogen-bond donors (Lipinski definition) is 0. The number of likely N-dealkylation sites (N-methyl/N-ethyl adjacent to an activating group) is 1. The number of carbonyl (C=O) groups excluding carboxylic acids is 1. The molecule has 0 bridgehead atoms. The molecule has 1 atom stereocenters. The van der Waals surface area contributed by atoms with E-state index in [1.54, 1.807) is 0 Å². The van der Waals surface area contributed by atoms with Crippen molar-refractivity contribution in [3.8, 4) is 0 Å². The first-order chi connectivity index (χ1) is 9.60.